The molecule has 2 aliphatic heterocycles. The molecule has 0 spiro atoms. The summed E-state index contributed by atoms with van der Waals surface area (Å²) in [5.74, 6) is 0.117. The first-order chi connectivity index (χ1) is 11.7. The van der Waals surface area contributed by atoms with Crippen LogP contribution in [-0.2, 0) is 11.3 Å². The van der Waals surface area contributed by atoms with Crippen molar-refractivity contribution in [2.45, 2.75) is 19.5 Å². The molecule has 7 nitrogen and oxygen atoms in total. The maximum absolute atomic E-state index is 12.9. The van der Waals surface area contributed by atoms with Crippen LogP contribution in [0.1, 0.15) is 22.9 Å². The van der Waals surface area contributed by atoms with Gasteiger partial charge in [0, 0.05) is 50.7 Å². The summed E-state index contributed by atoms with van der Waals surface area (Å²) in [6.07, 6.45) is 6.99. The van der Waals surface area contributed by atoms with Gasteiger partial charge in [-0.2, -0.15) is 0 Å². The van der Waals surface area contributed by atoms with Crippen molar-refractivity contribution in [2.24, 2.45) is 0 Å². The van der Waals surface area contributed by atoms with Crippen LogP contribution in [0.25, 0.3) is 0 Å². The molecule has 4 heterocycles. The predicted molar refractivity (Wildman–Crippen MR) is 89.4 cm³/mol. The van der Waals surface area contributed by atoms with Gasteiger partial charge in [-0.15, -0.1) is 0 Å². The summed E-state index contributed by atoms with van der Waals surface area (Å²) in [5, 5.41) is 3.25. The SMILES string of the molecule is Cc1ccncc1N1CCN(C(=O)C2NCc3ncncc32)CC1. The van der Waals surface area contributed by atoms with Crippen molar-refractivity contribution in [3.05, 3.63) is 47.8 Å². The Morgan fingerprint density at radius 2 is 2.04 bits per heavy atom. The van der Waals surface area contributed by atoms with Gasteiger partial charge in [-0.05, 0) is 18.6 Å². The minimum Gasteiger partial charge on any atom is -0.367 e. The zero-order chi connectivity index (χ0) is 16.5. The molecule has 24 heavy (non-hydrogen) atoms. The molecule has 0 aromatic carbocycles. The number of amides is 1. The lowest BCUT2D eigenvalue weighted by molar-refractivity contribution is -0.133. The molecule has 0 bridgehead atoms. The van der Waals surface area contributed by atoms with Gasteiger partial charge in [0.05, 0.1) is 17.6 Å². The van der Waals surface area contributed by atoms with E-state index in [2.05, 4.69) is 32.1 Å². The molecule has 1 N–H and O–H groups in total. The van der Waals surface area contributed by atoms with Crippen molar-refractivity contribution in [1.29, 1.82) is 0 Å². The number of pyridine rings is 1. The van der Waals surface area contributed by atoms with Crippen molar-refractivity contribution in [2.75, 3.05) is 31.1 Å². The van der Waals surface area contributed by atoms with Gasteiger partial charge in [-0.25, -0.2) is 9.97 Å². The smallest absolute Gasteiger partial charge is 0.244 e. The van der Waals surface area contributed by atoms with Gasteiger partial charge in [-0.1, -0.05) is 0 Å². The van der Waals surface area contributed by atoms with Crippen LogP contribution in [0.3, 0.4) is 0 Å². The Hall–Kier alpha value is -2.54. The monoisotopic (exact) mass is 324 g/mol. The quantitative estimate of drug-likeness (QED) is 0.875. The van der Waals surface area contributed by atoms with Crippen LogP contribution in [0.15, 0.2) is 31.0 Å². The Morgan fingerprint density at radius 3 is 2.83 bits per heavy atom. The number of rotatable bonds is 2. The van der Waals surface area contributed by atoms with E-state index in [1.807, 2.05) is 23.4 Å². The lowest BCUT2D eigenvalue weighted by atomic mass is 10.1. The predicted octanol–water partition coefficient (Wildman–Crippen LogP) is 0.673. The van der Waals surface area contributed by atoms with E-state index in [9.17, 15) is 4.79 Å². The first kappa shape index (κ1) is 15.0. The van der Waals surface area contributed by atoms with Crippen LogP contribution in [0.5, 0.6) is 0 Å². The summed E-state index contributed by atoms with van der Waals surface area (Å²) in [6, 6.07) is 1.71. The van der Waals surface area contributed by atoms with Crippen LogP contribution in [-0.4, -0.2) is 51.9 Å². The van der Waals surface area contributed by atoms with E-state index in [-0.39, 0.29) is 11.9 Å². The second kappa shape index (κ2) is 6.16. The second-order valence-electron chi connectivity index (χ2n) is 6.21. The zero-order valence-corrected chi connectivity index (χ0v) is 13.6. The molecule has 1 atom stereocenters. The number of anilines is 1. The maximum Gasteiger partial charge on any atom is 0.244 e. The Labute approximate surface area is 140 Å². The number of aryl methyl sites for hydroxylation is 1. The highest BCUT2D eigenvalue weighted by molar-refractivity contribution is 5.84. The van der Waals surface area contributed by atoms with E-state index in [1.54, 1.807) is 6.20 Å². The fourth-order valence-electron chi connectivity index (χ4n) is 3.42. The molecular formula is C17H20N6O. The molecule has 1 amide bonds. The lowest BCUT2D eigenvalue weighted by Crippen LogP contribution is -2.51. The van der Waals surface area contributed by atoms with E-state index in [4.69, 9.17) is 0 Å². The number of fused-ring (bicyclic) bond motifs is 1. The average Bonchev–Trinajstić information content (AvgIpc) is 3.06. The first-order valence-electron chi connectivity index (χ1n) is 8.20. The molecule has 0 aliphatic carbocycles. The molecule has 1 unspecified atom stereocenters. The third-order valence-corrected chi connectivity index (χ3v) is 4.80. The van der Waals surface area contributed by atoms with E-state index < -0.39 is 0 Å². The molecule has 1 saturated heterocycles. The summed E-state index contributed by atoms with van der Waals surface area (Å²) in [6.45, 7) is 5.80. The molecule has 7 heteroatoms. The number of carbonyl (C=O) groups excluding carboxylic acids is 1. The summed E-state index contributed by atoms with van der Waals surface area (Å²) in [5.41, 5.74) is 4.21. The fraction of sp³-hybridized carbons (Fsp3) is 0.412. The summed E-state index contributed by atoms with van der Waals surface area (Å²) in [4.78, 5) is 29.6. The first-order valence-corrected chi connectivity index (χ1v) is 8.20. The second-order valence-corrected chi connectivity index (χ2v) is 6.21. The largest absolute Gasteiger partial charge is 0.367 e. The number of nitrogens with one attached hydrogen (secondary N) is 1. The third kappa shape index (κ3) is 2.60. The summed E-state index contributed by atoms with van der Waals surface area (Å²) < 4.78 is 0. The number of hydrogen-bond acceptors (Lipinski definition) is 6. The molecule has 2 aromatic rings. The zero-order valence-electron chi connectivity index (χ0n) is 13.6. The highest BCUT2D eigenvalue weighted by Gasteiger charge is 2.33. The molecule has 1 fully saturated rings. The van der Waals surface area contributed by atoms with Crippen molar-refractivity contribution >= 4 is 11.6 Å². The Balaban J connectivity index is 1.43. The van der Waals surface area contributed by atoms with E-state index in [0.717, 1.165) is 30.0 Å². The average molecular weight is 324 g/mol. The Bertz CT molecular complexity index is 756. The van der Waals surface area contributed by atoms with Crippen molar-refractivity contribution in [3.8, 4) is 0 Å². The van der Waals surface area contributed by atoms with Gasteiger partial charge in [0.2, 0.25) is 5.91 Å². The van der Waals surface area contributed by atoms with Crippen LogP contribution < -0.4 is 10.2 Å². The highest BCUT2D eigenvalue weighted by atomic mass is 16.2. The van der Waals surface area contributed by atoms with Gasteiger partial charge in [0.25, 0.3) is 0 Å². The van der Waals surface area contributed by atoms with E-state index in [1.165, 1.54) is 11.9 Å². The van der Waals surface area contributed by atoms with Crippen molar-refractivity contribution < 1.29 is 4.79 Å². The van der Waals surface area contributed by atoms with Gasteiger partial charge < -0.3 is 9.80 Å². The molecule has 4 rings (SSSR count). The highest BCUT2D eigenvalue weighted by Crippen LogP contribution is 2.26. The number of aromatic nitrogens is 3. The van der Waals surface area contributed by atoms with E-state index in [0.29, 0.717) is 19.6 Å². The van der Waals surface area contributed by atoms with Crippen molar-refractivity contribution in [1.82, 2.24) is 25.2 Å². The summed E-state index contributed by atoms with van der Waals surface area (Å²) >= 11 is 0. The molecular weight excluding hydrogens is 304 g/mol. The third-order valence-electron chi connectivity index (χ3n) is 4.80. The van der Waals surface area contributed by atoms with Crippen LogP contribution in [0.2, 0.25) is 0 Å². The summed E-state index contributed by atoms with van der Waals surface area (Å²) in [7, 11) is 0. The van der Waals surface area contributed by atoms with Crippen LogP contribution in [0, 0.1) is 6.92 Å². The van der Waals surface area contributed by atoms with Gasteiger partial charge >= 0.3 is 0 Å². The lowest BCUT2D eigenvalue weighted by Gasteiger charge is -2.37. The number of piperazine rings is 1. The fourth-order valence-corrected chi connectivity index (χ4v) is 3.42. The molecule has 0 saturated carbocycles. The van der Waals surface area contributed by atoms with Crippen LogP contribution >= 0.6 is 0 Å². The number of carbonyl (C=O) groups is 1. The molecule has 0 radical (unpaired) electrons. The van der Waals surface area contributed by atoms with Crippen molar-refractivity contribution in [3.63, 3.8) is 0 Å². The van der Waals surface area contributed by atoms with Gasteiger partial charge in [-0.3, -0.25) is 15.1 Å². The Morgan fingerprint density at radius 1 is 1.21 bits per heavy atom. The standard InChI is InChI=1S/C17H20N6O/c1-12-2-3-18-10-15(12)22-4-6-23(7-5-22)17(24)16-13-8-19-11-21-14(13)9-20-16/h2-3,8,10-11,16,20H,4-7,9H2,1H3. The topological polar surface area (TPSA) is 74.2 Å². The number of nitrogens with zero attached hydrogens (tertiary/aromatic N) is 5. The Kier molecular flexibility index (Phi) is 3.86. The maximum atomic E-state index is 12.9. The van der Waals surface area contributed by atoms with Gasteiger partial charge in [0.1, 0.15) is 12.4 Å². The molecule has 124 valence electrons. The van der Waals surface area contributed by atoms with E-state index >= 15 is 0 Å². The molecule has 2 aromatic heterocycles. The number of hydrogen-bond donors (Lipinski definition) is 1. The normalized spacial score (nSPS) is 20.1. The van der Waals surface area contributed by atoms with Crippen LogP contribution in [0.4, 0.5) is 5.69 Å². The van der Waals surface area contributed by atoms with Gasteiger partial charge in [0.15, 0.2) is 0 Å². The minimum atomic E-state index is -0.312. The molecule has 2 aliphatic rings. The minimum absolute atomic E-state index is 0.117.